The molecule has 1 saturated heterocycles. The Morgan fingerprint density at radius 1 is 0.967 bits per heavy atom. The van der Waals surface area contributed by atoms with E-state index in [1.807, 2.05) is 56.3 Å². The zero-order valence-corrected chi connectivity index (χ0v) is 18.5. The fraction of sp³-hybridized carbons (Fsp3) is 0.400. The molecule has 1 atom stereocenters. The van der Waals surface area contributed by atoms with Gasteiger partial charge in [-0.15, -0.1) is 0 Å². The van der Waals surface area contributed by atoms with E-state index in [9.17, 15) is 14.4 Å². The van der Waals surface area contributed by atoms with Gasteiger partial charge >= 0.3 is 0 Å². The highest BCUT2D eigenvalue weighted by atomic mass is 16.2. The zero-order chi connectivity index (χ0) is 22.2. The van der Waals surface area contributed by atoms with Crippen molar-refractivity contribution in [3.63, 3.8) is 0 Å². The van der Waals surface area contributed by atoms with Gasteiger partial charge < -0.3 is 5.32 Å². The summed E-state index contributed by atoms with van der Waals surface area (Å²) in [5, 5.41) is 2.83. The van der Waals surface area contributed by atoms with Crippen LogP contribution in [-0.4, -0.2) is 23.1 Å². The Bertz CT molecular complexity index is 991. The number of benzene rings is 2. The molecule has 158 valence electrons. The largest absolute Gasteiger partial charge is 0.325 e. The van der Waals surface area contributed by atoms with Crippen molar-refractivity contribution in [3.05, 3.63) is 59.7 Å². The van der Waals surface area contributed by atoms with Gasteiger partial charge in [-0.3, -0.25) is 19.3 Å². The molecule has 5 nitrogen and oxygen atoms in total. The second-order valence-corrected chi connectivity index (χ2v) is 9.01. The molecule has 2 amide bonds. The predicted molar refractivity (Wildman–Crippen MR) is 120 cm³/mol. The monoisotopic (exact) mass is 406 g/mol. The molecule has 0 spiro atoms. The van der Waals surface area contributed by atoms with Crippen LogP contribution in [0.25, 0.3) is 0 Å². The summed E-state index contributed by atoms with van der Waals surface area (Å²) in [6, 6.07) is 15.1. The molecule has 1 N–H and O–H groups in total. The van der Waals surface area contributed by atoms with E-state index in [2.05, 4.69) is 19.2 Å². The summed E-state index contributed by atoms with van der Waals surface area (Å²) in [5.41, 5.74) is 2.21. The van der Waals surface area contributed by atoms with Crippen molar-refractivity contribution in [2.24, 2.45) is 5.92 Å². The summed E-state index contributed by atoms with van der Waals surface area (Å²) in [6.45, 7) is 11.6. The van der Waals surface area contributed by atoms with Gasteiger partial charge in [0.05, 0.1) is 0 Å². The Morgan fingerprint density at radius 2 is 1.63 bits per heavy atom. The molecule has 1 aliphatic heterocycles. The van der Waals surface area contributed by atoms with Crippen LogP contribution in [0.5, 0.6) is 0 Å². The number of anilines is 2. The number of amides is 2. The average molecular weight is 407 g/mol. The normalized spacial score (nSPS) is 18.4. The quantitative estimate of drug-likeness (QED) is 0.720. The van der Waals surface area contributed by atoms with E-state index in [0.29, 0.717) is 11.4 Å². The number of rotatable bonds is 5. The van der Waals surface area contributed by atoms with Crippen LogP contribution in [-0.2, 0) is 14.4 Å². The summed E-state index contributed by atoms with van der Waals surface area (Å²) in [6.07, 6.45) is 0. The highest BCUT2D eigenvalue weighted by Gasteiger charge is 2.56. The average Bonchev–Trinajstić information content (AvgIpc) is 2.86. The molecule has 1 heterocycles. The van der Waals surface area contributed by atoms with Crippen molar-refractivity contribution in [3.8, 4) is 0 Å². The number of ketones is 1. The van der Waals surface area contributed by atoms with E-state index in [1.54, 1.807) is 19.9 Å². The van der Waals surface area contributed by atoms with E-state index in [0.717, 1.165) is 11.1 Å². The molecule has 1 aliphatic rings. The standard InChI is InChI=1S/C25H30N2O3/c1-15(2)17-10-9-11-18(14-17)27-24(30)21(22(28)25(27,5)6)23(29)26-20-13-8-7-12-19(20)16(3)4/h7-16,21H,1-6H3,(H,26,29). The van der Waals surface area contributed by atoms with Crippen LogP contribution >= 0.6 is 0 Å². The predicted octanol–water partition coefficient (Wildman–Crippen LogP) is 4.88. The molecular weight excluding hydrogens is 376 g/mol. The second-order valence-electron chi connectivity index (χ2n) is 9.01. The fourth-order valence-corrected chi connectivity index (χ4v) is 4.00. The third kappa shape index (κ3) is 3.76. The lowest BCUT2D eigenvalue weighted by molar-refractivity contribution is -0.135. The molecule has 2 aromatic rings. The first-order valence-electron chi connectivity index (χ1n) is 10.4. The van der Waals surface area contributed by atoms with Crippen molar-refractivity contribution < 1.29 is 14.4 Å². The number of hydrogen-bond acceptors (Lipinski definition) is 3. The number of hydrogen-bond donors (Lipinski definition) is 1. The van der Waals surface area contributed by atoms with E-state index in [4.69, 9.17) is 0 Å². The van der Waals surface area contributed by atoms with E-state index in [1.165, 1.54) is 4.90 Å². The molecule has 0 aliphatic carbocycles. The maximum absolute atomic E-state index is 13.3. The third-order valence-corrected chi connectivity index (χ3v) is 5.79. The van der Waals surface area contributed by atoms with Crippen LogP contribution in [0.2, 0.25) is 0 Å². The van der Waals surface area contributed by atoms with E-state index in [-0.39, 0.29) is 17.6 Å². The summed E-state index contributed by atoms with van der Waals surface area (Å²) in [7, 11) is 0. The Kier molecular flexibility index (Phi) is 5.84. The van der Waals surface area contributed by atoms with Gasteiger partial charge in [0.2, 0.25) is 11.8 Å². The molecule has 0 saturated carbocycles. The lowest BCUT2D eigenvalue weighted by Gasteiger charge is -2.30. The van der Waals surface area contributed by atoms with E-state index >= 15 is 0 Å². The van der Waals surface area contributed by atoms with Gasteiger partial charge in [0.15, 0.2) is 11.7 Å². The lowest BCUT2D eigenvalue weighted by Crippen LogP contribution is -2.44. The summed E-state index contributed by atoms with van der Waals surface area (Å²) < 4.78 is 0. The molecule has 0 aromatic heterocycles. The summed E-state index contributed by atoms with van der Waals surface area (Å²) in [5.74, 6) is -2.32. The highest BCUT2D eigenvalue weighted by Crippen LogP contribution is 2.37. The molecule has 1 unspecified atom stereocenters. The fourth-order valence-electron chi connectivity index (χ4n) is 4.00. The number of carbonyl (C=O) groups excluding carboxylic acids is 3. The van der Waals surface area contributed by atoms with E-state index < -0.39 is 23.3 Å². The van der Waals surface area contributed by atoms with Gasteiger partial charge in [-0.05, 0) is 55.0 Å². The van der Waals surface area contributed by atoms with Crippen molar-refractivity contribution in [1.29, 1.82) is 0 Å². The van der Waals surface area contributed by atoms with Gasteiger partial charge in [-0.2, -0.15) is 0 Å². The van der Waals surface area contributed by atoms with Crippen molar-refractivity contribution in [2.75, 3.05) is 10.2 Å². The highest BCUT2D eigenvalue weighted by molar-refractivity contribution is 6.33. The van der Waals surface area contributed by atoms with Gasteiger partial charge in [-0.25, -0.2) is 0 Å². The SMILES string of the molecule is CC(C)c1cccc(N2C(=O)C(C(=O)Nc3ccccc3C(C)C)C(=O)C2(C)C)c1. The Hall–Kier alpha value is -2.95. The molecule has 0 radical (unpaired) electrons. The number of Topliss-reactive ketones (excluding diaryl/α,β-unsaturated/α-hetero) is 1. The molecule has 5 heteroatoms. The first-order chi connectivity index (χ1) is 14.1. The minimum atomic E-state index is -1.36. The van der Waals surface area contributed by atoms with Gasteiger partial charge in [0.25, 0.3) is 0 Å². The first kappa shape index (κ1) is 21.8. The van der Waals surface area contributed by atoms with Crippen LogP contribution in [0, 0.1) is 5.92 Å². The Labute approximate surface area is 178 Å². The number of nitrogens with zero attached hydrogens (tertiary/aromatic N) is 1. The van der Waals surface area contributed by atoms with Crippen LogP contribution < -0.4 is 10.2 Å². The molecule has 0 bridgehead atoms. The summed E-state index contributed by atoms with van der Waals surface area (Å²) >= 11 is 0. The Morgan fingerprint density at radius 3 is 2.27 bits per heavy atom. The molecule has 2 aromatic carbocycles. The van der Waals surface area contributed by atoms with Crippen molar-refractivity contribution in [2.45, 2.75) is 58.9 Å². The first-order valence-corrected chi connectivity index (χ1v) is 10.4. The number of carbonyl (C=O) groups is 3. The maximum atomic E-state index is 13.3. The topological polar surface area (TPSA) is 66.5 Å². The van der Waals surface area contributed by atoms with Crippen molar-refractivity contribution in [1.82, 2.24) is 0 Å². The summed E-state index contributed by atoms with van der Waals surface area (Å²) in [4.78, 5) is 41.0. The smallest absolute Gasteiger partial charge is 0.248 e. The van der Waals surface area contributed by atoms with Crippen LogP contribution in [0.4, 0.5) is 11.4 Å². The minimum Gasteiger partial charge on any atom is -0.325 e. The zero-order valence-electron chi connectivity index (χ0n) is 18.5. The van der Waals surface area contributed by atoms with Gasteiger partial charge in [0.1, 0.15) is 5.54 Å². The van der Waals surface area contributed by atoms with Crippen molar-refractivity contribution >= 4 is 29.0 Å². The van der Waals surface area contributed by atoms with Gasteiger partial charge in [0, 0.05) is 11.4 Å². The molecule has 3 rings (SSSR count). The second kappa shape index (κ2) is 8.05. The Balaban J connectivity index is 1.94. The molecular formula is C25H30N2O3. The molecule has 30 heavy (non-hydrogen) atoms. The minimum absolute atomic E-state index is 0.197. The maximum Gasteiger partial charge on any atom is 0.248 e. The molecule has 1 fully saturated rings. The van der Waals surface area contributed by atoms with Gasteiger partial charge in [-0.1, -0.05) is 58.0 Å². The third-order valence-electron chi connectivity index (χ3n) is 5.79. The lowest BCUT2D eigenvalue weighted by atomic mass is 9.93. The number of para-hydroxylation sites is 1. The number of nitrogens with one attached hydrogen (secondary N) is 1. The van der Waals surface area contributed by atoms with Crippen LogP contribution in [0.3, 0.4) is 0 Å². The van der Waals surface area contributed by atoms with Crippen LogP contribution in [0.15, 0.2) is 48.5 Å². The van der Waals surface area contributed by atoms with Crippen LogP contribution in [0.1, 0.15) is 64.5 Å².